The number of benzene rings is 1. The van der Waals surface area contributed by atoms with Gasteiger partial charge in [-0.25, -0.2) is 4.39 Å². The van der Waals surface area contributed by atoms with Gasteiger partial charge in [-0.15, -0.1) is 0 Å². The molecule has 0 aliphatic carbocycles. The van der Waals surface area contributed by atoms with Crippen molar-refractivity contribution in [2.75, 3.05) is 26.2 Å². The molecule has 0 bridgehead atoms. The van der Waals surface area contributed by atoms with E-state index in [9.17, 15) is 4.39 Å². The Kier molecular flexibility index (Phi) is 4.37. The molecule has 0 amide bonds. The van der Waals surface area contributed by atoms with E-state index in [2.05, 4.69) is 17.1 Å². The molecule has 0 spiro atoms. The molecule has 1 aromatic carbocycles. The number of piperidine rings is 1. The SMILES string of the molecule is CC1CC(c2ccc(F)cc2)CN1CC1CCNCC1. The van der Waals surface area contributed by atoms with E-state index in [0.29, 0.717) is 12.0 Å². The van der Waals surface area contributed by atoms with Gasteiger partial charge in [0.2, 0.25) is 0 Å². The minimum atomic E-state index is -0.133. The average molecular weight is 276 g/mol. The van der Waals surface area contributed by atoms with Gasteiger partial charge in [-0.1, -0.05) is 12.1 Å². The maximum atomic E-state index is 13.0. The van der Waals surface area contributed by atoms with Crippen molar-refractivity contribution in [1.29, 1.82) is 0 Å². The highest BCUT2D eigenvalue weighted by molar-refractivity contribution is 5.22. The van der Waals surface area contributed by atoms with Crippen molar-refractivity contribution in [1.82, 2.24) is 10.2 Å². The van der Waals surface area contributed by atoms with E-state index in [-0.39, 0.29) is 5.82 Å². The lowest BCUT2D eigenvalue weighted by molar-refractivity contribution is 0.200. The third kappa shape index (κ3) is 3.21. The Morgan fingerprint density at radius 3 is 2.60 bits per heavy atom. The van der Waals surface area contributed by atoms with Gasteiger partial charge < -0.3 is 5.32 Å². The Balaban J connectivity index is 1.59. The van der Waals surface area contributed by atoms with Crippen LogP contribution in [0.5, 0.6) is 0 Å². The first-order valence-electron chi connectivity index (χ1n) is 7.92. The first kappa shape index (κ1) is 14.0. The van der Waals surface area contributed by atoms with Crippen molar-refractivity contribution in [2.24, 2.45) is 5.92 Å². The summed E-state index contributed by atoms with van der Waals surface area (Å²) in [6, 6.07) is 7.76. The summed E-state index contributed by atoms with van der Waals surface area (Å²) in [5.41, 5.74) is 1.30. The van der Waals surface area contributed by atoms with Crippen LogP contribution in [0.3, 0.4) is 0 Å². The molecule has 20 heavy (non-hydrogen) atoms. The average Bonchev–Trinajstić information content (AvgIpc) is 2.82. The minimum absolute atomic E-state index is 0.133. The highest BCUT2D eigenvalue weighted by Crippen LogP contribution is 2.32. The summed E-state index contributed by atoms with van der Waals surface area (Å²) in [6.45, 7) is 7.06. The molecule has 2 unspecified atom stereocenters. The first-order valence-corrected chi connectivity index (χ1v) is 7.92. The second-order valence-electron chi connectivity index (χ2n) is 6.48. The number of likely N-dealkylation sites (tertiary alicyclic amines) is 1. The Morgan fingerprint density at radius 2 is 1.90 bits per heavy atom. The predicted octanol–water partition coefficient (Wildman–Crippen LogP) is 3.00. The molecule has 0 radical (unpaired) electrons. The van der Waals surface area contributed by atoms with Crippen LogP contribution in [0, 0.1) is 11.7 Å². The molecule has 2 nitrogen and oxygen atoms in total. The van der Waals surface area contributed by atoms with Crippen LogP contribution in [0.4, 0.5) is 4.39 Å². The van der Waals surface area contributed by atoms with E-state index >= 15 is 0 Å². The molecule has 0 aromatic heterocycles. The summed E-state index contributed by atoms with van der Waals surface area (Å²) in [5, 5.41) is 3.44. The molecule has 2 saturated heterocycles. The molecule has 0 saturated carbocycles. The topological polar surface area (TPSA) is 15.3 Å². The van der Waals surface area contributed by atoms with Crippen LogP contribution in [0.1, 0.15) is 37.7 Å². The Morgan fingerprint density at radius 1 is 1.20 bits per heavy atom. The summed E-state index contributed by atoms with van der Waals surface area (Å²) >= 11 is 0. The minimum Gasteiger partial charge on any atom is -0.317 e. The van der Waals surface area contributed by atoms with Crippen molar-refractivity contribution < 1.29 is 4.39 Å². The van der Waals surface area contributed by atoms with Crippen molar-refractivity contribution >= 4 is 0 Å². The fourth-order valence-electron chi connectivity index (χ4n) is 3.73. The molecule has 2 aliphatic rings. The normalized spacial score (nSPS) is 28.9. The summed E-state index contributed by atoms with van der Waals surface area (Å²) in [4.78, 5) is 2.64. The number of nitrogens with one attached hydrogen (secondary N) is 1. The van der Waals surface area contributed by atoms with Crippen LogP contribution in [0.2, 0.25) is 0 Å². The number of hydrogen-bond acceptors (Lipinski definition) is 2. The zero-order valence-electron chi connectivity index (χ0n) is 12.3. The van der Waals surface area contributed by atoms with Gasteiger partial charge in [0.15, 0.2) is 0 Å². The summed E-state index contributed by atoms with van der Waals surface area (Å²) in [7, 11) is 0. The van der Waals surface area contributed by atoms with E-state index in [4.69, 9.17) is 0 Å². The van der Waals surface area contributed by atoms with Gasteiger partial charge in [0.05, 0.1) is 0 Å². The van der Waals surface area contributed by atoms with Crippen molar-refractivity contribution in [3.8, 4) is 0 Å². The van der Waals surface area contributed by atoms with Gasteiger partial charge in [0.1, 0.15) is 5.82 Å². The van der Waals surface area contributed by atoms with Gasteiger partial charge in [0, 0.05) is 19.1 Å². The Bertz CT molecular complexity index is 425. The molecule has 2 fully saturated rings. The van der Waals surface area contributed by atoms with Crippen LogP contribution >= 0.6 is 0 Å². The van der Waals surface area contributed by atoms with Crippen molar-refractivity contribution in [3.05, 3.63) is 35.6 Å². The number of nitrogens with zero attached hydrogens (tertiary/aromatic N) is 1. The molecule has 1 aromatic rings. The zero-order valence-corrected chi connectivity index (χ0v) is 12.3. The third-order valence-corrected chi connectivity index (χ3v) is 5.00. The van der Waals surface area contributed by atoms with Crippen LogP contribution in [-0.2, 0) is 0 Å². The summed E-state index contributed by atoms with van der Waals surface area (Å²) in [6.07, 6.45) is 3.82. The molecule has 2 atom stereocenters. The third-order valence-electron chi connectivity index (χ3n) is 5.00. The van der Waals surface area contributed by atoms with E-state index in [1.807, 2.05) is 12.1 Å². The molecule has 2 heterocycles. The number of halogens is 1. The number of hydrogen-bond donors (Lipinski definition) is 1. The monoisotopic (exact) mass is 276 g/mol. The largest absolute Gasteiger partial charge is 0.317 e. The van der Waals surface area contributed by atoms with Gasteiger partial charge in [-0.3, -0.25) is 4.90 Å². The Labute approximate surface area is 121 Å². The van der Waals surface area contributed by atoms with Crippen LogP contribution in [0.15, 0.2) is 24.3 Å². The zero-order chi connectivity index (χ0) is 13.9. The lowest BCUT2D eigenvalue weighted by Gasteiger charge is -2.29. The van der Waals surface area contributed by atoms with E-state index in [1.54, 1.807) is 12.1 Å². The van der Waals surface area contributed by atoms with E-state index in [1.165, 1.54) is 44.5 Å². The smallest absolute Gasteiger partial charge is 0.123 e. The van der Waals surface area contributed by atoms with Gasteiger partial charge >= 0.3 is 0 Å². The molecule has 110 valence electrons. The fraction of sp³-hybridized carbons (Fsp3) is 0.647. The second-order valence-corrected chi connectivity index (χ2v) is 6.48. The second kappa shape index (κ2) is 6.23. The van der Waals surface area contributed by atoms with Crippen molar-refractivity contribution in [3.63, 3.8) is 0 Å². The lowest BCUT2D eigenvalue weighted by Crippen LogP contribution is -2.37. The maximum absolute atomic E-state index is 13.0. The van der Waals surface area contributed by atoms with Gasteiger partial charge in [-0.05, 0) is 68.8 Å². The van der Waals surface area contributed by atoms with Crippen molar-refractivity contribution in [2.45, 2.75) is 38.1 Å². The molecular weight excluding hydrogens is 251 g/mol. The maximum Gasteiger partial charge on any atom is 0.123 e. The Hall–Kier alpha value is -0.930. The fourth-order valence-corrected chi connectivity index (χ4v) is 3.73. The quantitative estimate of drug-likeness (QED) is 0.913. The van der Waals surface area contributed by atoms with E-state index < -0.39 is 0 Å². The van der Waals surface area contributed by atoms with Gasteiger partial charge in [0.25, 0.3) is 0 Å². The molecule has 3 rings (SSSR count). The highest BCUT2D eigenvalue weighted by atomic mass is 19.1. The molecule has 2 aliphatic heterocycles. The predicted molar refractivity (Wildman–Crippen MR) is 80.4 cm³/mol. The summed E-state index contributed by atoms with van der Waals surface area (Å²) < 4.78 is 13.0. The van der Waals surface area contributed by atoms with E-state index in [0.717, 1.165) is 12.5 Å². The van der Waals surface area contributed by atoms with Crippen LogP contribution in [-0.4, -0.2) is 37.1 Å². The number of rotatable bonds is 3. The van der Waals surface area contributed by atoms with Crippen LogP contribution < -0.4 is 5.32 Å². The summed E-state index contributed by atoms with van der Waals surface area (Å²) in [5.74, 6) is 1.30. The molecule has 3 heteroatoms. The van der Waals surface area contributed by atoms with Crippen LogP contribution in [0.25, 0.3) is 0 Å². The first-order chi connectivity index (χ1) is 9.72. The molecular formula is C17H25FN2. The standard InChI is InChI=1S/C17H25FN2/c1-13-10-16(15-2-4-17(18)5-3-15)12-20(13)11-14-6-8-19-9-7-14/h2-5,13-14,16,19H,6-12H2,1H3. The highest BCUT2D eigenvalue weighted by Gasteiger charge is 2.31. The van der Waals surface area contributed by atoms with Gasteiger partial charge in [-0.2, -0.15) is 0 Å². The lowest BCUT2D eigenvalue weighted by atomic mass is 9.97. The molecule has 1 N–H and O–H groups in total.